The fourth-order valence-corrected chi connectivity index (χ4v) is 5.59. The number of nitrogens with zero attached hydrogens (tertiary/aromatic N) is 7. The molecular weight excluding hydrogens is 584 g/mol. The van der Waals surface area contributed by atoms with Gasteiger partial charge in [-0.1, -0.05) is 6.07 Å². The Morgan fingerprint density at radius 3 is 2.51 bits per heavy atom. The van der Waals surface area contributed by atoms with Crippen molar-refractivity contribution in [1.29, 1.82) is 0 Å². The molecule has 0 bridgehead atoms. The van der Waals surface area contributed by atoms with Gasteiger partial charge >= 0.3 is 6.09 Å². The van der Waals surface area contributed by atoms with Crippen molar-refractivity contribution in [3.05, 3.63) is 48.4 Å². The summed E-state index contributed by atoms with van der Waals surface area (Å²) in [5.74, 6) is -0.903. The van der Waals surface area contributed by atoms with Crippen molar-refractivity contribution >= 4 is 34.7 Å². The molecule has 1 aromatic carbocycles. The number of H-pyrrole nitrogens is 1. The molecule has 12 nitrogen and oxygen atoms in total. The zero-order valence-electron chi connectivity index (χ0n) is 26.0. The number of pyridine rings is 1. The smallest absolute Gasteiger partial charge is 0.410 e. The van der Waals surface area contributed by atoms with Crippen LogP contribution < -0.4 is 15.0 Å². The molecule has 0 aliphatic carbocycles. The Hall–Kier alpha value is -4.59. The molecule has 45 heavy (non-hydrogen) atoms. The van der Waals surface area contributed by atoms with Crippen LogP contribution in [0.25, 0.3) is 22.3 Å². The van der Waals surface area contributed by atoms with Crippen LogP contribution in [0.1, 0.15) is 39.3 Å². The van der Waals surface area contributed by atoms with Gasteiger partial charge in [0.05, 0.1) is 31.2 Å². The minimum absolute atomic E-state index is 0.114. The van der Waals surface area contributed by atoms with E-state index in [-0.39, 0.29) is 12.1 Å². The van der Waals surface area contributed by atoms with E-state index in [1.54, 1.807) is 11.1 Å². The number of alkyl halides is 2. The lowest BCUT2D eigenvalue weighted by Gasteiger charge is -2.40. The van der Waals surface area contributed by atoms with Crippen molar-refractivity contribution in [2.24, 2.45) is 0 Å². The van der Waals surface area contributed by atoms with E-state index < -0.39 is 24.6 Å². The number of anilines is 3. The van der Waals surface area contributed by atoms with Crippen LogP contribution >= 0.6 is 0 Å². The van der Waals surface area contributed by atoms with Crippen molar-refractivity contribution in [3.8, 4) is 17.0 Å². The fourth-order valence-electron chi connectivity index (χ4n) is 5.59. The van der Waals surface area contributed by atoms with Crippen LogP contribution in [-0.4, -0.2) is 98.7 Å². The average Bonchev–Trinajstić information content (AvgIpc) is 3.39. The molecule has 0 spiro atoms. The summed E-state index contributed by atoms with van der Waals surface area (Å²) in [7, 11) is 1.48. The summed E-state index contributed by atoms with van der Waals surface area (Å²) in [5, 5.41) is 3.27. The minimum atomic E-state index is -2.74. The number of rotatable bonds is 7. The van der Waals surface area contributed by atoms with Gasteiger partial charge in [0.15, 0.2) is 11.6 Å². The van der Waals surface area contributed by atoms with Gasteiger partial charge < -0.3 is 29.6 Å². The number of fused-ring (bicyclic) bond motifs is 1. The number of hydrogen-bond acceptors (Lipinski definition) is 10. The van der Waals surface area contributed by atoms with Crippen molar-refractivity contribution in [3.63, 3.8) is 0 Å². The molecule has 2 N–H and O–H groups in total. The molecule has 5 heterocycles. The minimum Gasteiger partial charge on any atom is -0.491 e. The largest absolute Gasteiger partial charge is 0.491 e. The Kier molecular flexibility index (Phi) is 7.93. The van der Waals surface area contributed by atoms with Gasteiger partial charge in [-0.25, -0.2) is 33.5 Å². The molecule has 2 aliphatic rings. The summed E-state index contributed by atoms with van der Waals surface area (Å²) in [4.78, 5) is 39.1. The van der Waals surface area contributed by atoms with Gasteiger partial charge in [0.1, 0.15) is 23.4 Å². The van der Waals surface area contributed by atoms with E-state index in [1.165, 1.54) is 18.3 Å². The van der Waals surface area contributed by atoms with E-state index in [4.69, 9.17) is 9.47 Å². The number of ether oxygens (including phenoxy) is 2. The first kappa shape index (κ1) is 30.4. The Balaban J connectivity index is 1.14. The first-order valence-corrected chi connectivity index (χ1v) is 14.9. The van der Waals surface area contributed by atoms with Crippen LogP contribution in [0, 0.1) is 0 Å². The normalized spacial score (nSPS) is 17.6. The molecule has 1 amide bonds. The van der Waals surface area contributed by atoms with Gasteiger partial charge in [0.25, 0.3) is 5.92 Å². The molecule has 3 aromatic heterocycles. The summed E-state index contributed by atoms with van der Waals surface area (Å²) in [6.45, 7) is 9.62. The molecule has 0 radical (unpaired) electrons. The lowest BCUT2D eigenvalue weighted by Crippen LogP contribution is -2.56. The zero-order valence-corrected chi connectivity index (χ0v) is 26.0. The van der Waals surface area contributed by atoms with E-state index in [1.807, 2.05) is 51.1 Å². The first-order valence-electron chi connectivity index (χ1n) is 14.9. The Morgan fingerprint density at radius 2 is 1.82 bits per heavy atom. The summed E-state index contributed by atoms with van der Waals surface area (Å²) in [6, 6.07) is 9.70. The quantitative estimate of drug-likeness (QED) is 0.283. The van der Waals surface area contributed by atoms with Gasteiger partial charge in [-0.15, -0.1) is 0 Å². The third-order valence-electron chi connectivity index (χ3n) is 7.91. The summed E-state index contributed by atoms with van der Waals surface area (Å²) < 4.78 is 38.2. The van der Waals surface area contributed by atoms with E-state index in [2.05, 4.69) is 42.1 Å². The van der Waals surface area contributed by atoms with Gasteiger partial charge in [0, 0.05) is 44.0 Å². The van der Waals surface area contributed by atoms with Crippen molar-refractivity contribution in [1.82, 2.24) is 34.7 Å². The zero-order chi connectivity index (χ0) is 31.9. The number of methoxy groups -OCH3 is 1. The second-order valence-electron chi connectivity index (χ2n) is 12.4. The number of imidazole rings is 1. The number of aromatic amines is 1. The first-order chi connectivity index (χ1) is 21.4. The molecule has 2 aliphatic heterocycles. The third-order valence-corrected chi connectivity index (χ3v) is 7.91. The van der Waals surface area contributed by atoms with Crippen LogP contribution in [0.5, 0.6) is 5.75 Å². The lowest BCUT2D eigenvalue weighted by atomic mass is 10.1. The number of halogens is 2. The second kappa shape index (κ2) is 11.7. The van der Waals surface area contributed by atoms with E-state index in [0.29, 0.717) is 42.1 Å². The highest BCUT2D eigenvalue weighted by Gasteiger charge is 2.45. The summed E-state index contributed by atoms with van der Waals surface area (Å²) in [5.41, 5.74) is 3.27. The van der Waals surface area contributed by atoms with E-state index >= 15 is 0 Å². The Bertz CT molecular complexity index is 1690. The predicted molar refractivity (Wildman–Crippen MR) is 166 cm³/mol. The van der Waals surface area contributed by atoms with E-state index in [9.17, 15) is 13.6 Å². The number of aromatic nitrogens is 5. The van der Waals surface area contributed by atoms with Crippen molar-refractivity contribution in [2.75, 3.05) is 56.6 Å². The highest BCUT2D eigenvalue weighted by Crippen LogP contribution is 2.40. The maximum absolute atomic E-state index is 13.5. The molecule has 238 valence electrons. The Morgan fingerprint density at radius 1 is 1.07 bits per heavy atom. The third kappa shape index (κ3) is 6.60. The molecule has 1 atom stereocenters. The topological polar surface area (TPSA) is 125 Å². The van der Waals surface area contributed by atoms with Crippen LogP contribution in [0.15, 0.2) is 42.9 Å². The number of benzene rings is 1. The van der Waals surface area contributed by atoms with Gasteiger partial charge in [-0.05, 0) is 57.5 Å². The molecule has 4 aromatic rings. The number of carbonyl (C=O) groups excluding carboxylic acids is 1. The molecular formula is C31H37F2N9O3. The standard InChI is InChI=1S/C31H37F2N9O3/c1-19(40-10-12-41(13-11-40)29(43)45-30(2,3)4)20-8-9-34-24(15-20)39-28-37-22-7-6-21(14-23(22)38-28)25-26(44-5)27(36-18-35-25)42-16-31(32,33)17-42/h6-9,14-15,18-19H,10-13,16-17H2,1-5H3,(H2,34,37,38,39). The predicted octanol–water partition coefficient (Wildman–Crippen LogP) is 5.24. The second-order valence-corrected chi connectivity index (χ2v) is 12.4. The van der Waals surface area contributed by atoms with Crippen molar-refractivity contribution < 1.29 is 23.0 Å². The van der Waals surface area contributed by atoms with Gasteiger partial charge in [-0.3, -0.25) is 4.90 Å². The Labute approximate surface area is 259 Å². The average molecular weight is 622 g/mol. The molecule has 14 heteroatoms. The van der Waals surface area contributed by atoms with Gasteiger partial charge in [-0.2, -0.15) is 0 Å². The molecule has 6 rings (SSSR count). The number of hydrogen-bond donors (Lipinski definition) is 2. The number of nitrogens with one attached hydrogen (secondary N) is 2. The van der Waals surface area contributed by atoms with Crippen molar-refractivity contribution in [2.45, 2.75) is 45.3 Å². The van der Waals surface area contributed by atoms with Crippen LogP contribution in [0.3, 0.4) is 0 Å². The number of carbonyl (C=O) groups is 1. The van der Waals surface area contributed by atoms with Crippen LogP contribution in [-0.2, 0) is 4.74 Å². The van der Waals surface area contributed by atoms with Crippen LogP contribution in [0.2, 0.25) is 0 Å². The highest BCUT2D eigenvalue weighted by atomic mass is 19.3. The highest BCUT2D eigenvalue weighted by molar-refractivity contribution is 5.85. The van der Waals surface area contributed by atoms with Gasteiger partial charge in [0.2, 0.25) is 5.95 Å². The maximum Gasteiger partial charge on any atom is 0.410 e. The molecule has 2 saturated heterocycles. The van der Waals surface area contributed by atoms with Crippen LogP contribution in [0.4, 0.5) is 31.2 Å². The lowest BCUT2D eigenvalue weighted by molar-refractivity contribution is -0.0269. The van der Waals surface area contributed by atoms with E-state index in [0.717, 1.165) is 35.2 Å². The summed E-state index contributed by atoms with van der Waals surface area (Å²) in [6.07, 6.45) is 2.84. The fraction of sp³-hybridized carbons (Fsp3) is 0.452. The SMILES string of the molecule is COc1c(-c2ccc3nc(Nc4cc(C(C)N5CCN(C(=O)OC(C)(C)C)CC5)ccn4)[nH]c3c2)ncnc1N1CC(F)(F)C1. The summed E-state index contributed by atoms with van der Waals surface area (Å²) >= 11 is 0. The monoisotopic (exact) mass is 621 g/mol. The molecule has 0 saturated carbocycles. The number of amides is 1. The molecule has 1 unspecified atom stereocenters. The maximum atomic E-state index is 13.5. The number of piperazine rings is 1. The molecule has 2 fully saturated rings.